The maximum absolute atomic E-state index is 16.1. The molecule has 3 N–H and O–H groups in total. The molecule has 5 atom stereocenters. The third-order valence-electron chi connectivity index (χ3n) is 13.7. The lowest BCUT2D eigenvalue weighted by Crippen LogP contribution is -2.50. The number of nitrogens with one attached hydrogen (secondary N) is 3. The number of amides is 4. The maximum atomic E-state index is 16.1. The molecule has 4 amide bonds. The molecule has 0 bridgehead atoms. The minimum absolute atomic E-state index is 0.0251. The van der Waals surface area contributed by atoms with Gasteiger partial charge in [0, 0.05) is 68.2 Å². The number of methoxy groups -OCH3 is 1. The number of benzene rings is 2. The number of hydrogen-bond acceptors (Lipinski definition) is 8. The molecule has 3 aromatic rings. The van der Waals surface area contributed by atoms with Crippen LogP contribution in [0.15, 0.2) is 96.7 Å². The van der Waals surface area contributed by atoms with Gasteiger partial charge in [-0.2, -0.15) is 0 Å². The number of allylic oxidation sites excluding steroid dienone is 2. The van der Waals surface area contributed by atoms with E-state index < -0.39 is 54.9 Å². The number of alkyl carbamates (subject to hydrolysis) is 1. The van der Waals surface area contributed by atoms with Crippen LogP contribution in [0.4, 0.5) is 13.4 Å². The first-order chi connectivity index (χ1) is 34.4. The largest absolute Gasteiger partial charge is 0.737 e. The summed E-state index contributed by atoms with van der Waals surface area (Å²) < 4.78 is 44.6. The lowest BCUT2D eigenvalue weighted by molar-refractivity contribution is -0.362. The Morgan fingerprint density at radius 1 is 0.917 bits per heavy atom. The van der Waals surface area contributed by atoms with E-state index in [1.165, 1.54) is 7.11 Å². The number of carbonyl (C=O) groups excluding carboxylic acids is 6. The molecule has 0 saturated carbocycles. The molecule has 1 aromatic heterocycles. The second kappa shape index (κ2) is 25.1. The summed E-state index contributed by atoms with van der Waals surface area (Å²) in [6.07, 6.45) is 10.4. The number of aryl methyl sites for hydroxylation is 2. The summed E-state index contributed by atoms with van der Waals surface area (Å²) in [5.74, 6) is -3.61. The summed E-state index contributed by atoms with van der Waals surface area (Å²) in [7, 11) is 1.22. The minimum Gasteiger partial charge on any atom is -0.467 e. The number of esters is 1. The van der Waals surface area contributed by atoms with Gasteiger partial charge in [0.05, 0.1) is 19.1 Å². The highest BCUT2D eigenvalue weighted by Crippen LogP contribution is 2.35. The van der Waals surface area contributed by atoms with Gasteiger partial charge in [0.2, 0.25) is 17.7 Å². The Balaban J connectivity index is 1.09. The molecule has 0 radical (unpaired) electrons. The zero-order valence-electron chi connectivity index (χ0n) is 42.7. The molecule has 6 rings (SSSR count). The molecule has 72 heavy (non-hydrogen) atoms. The summed E-state index contributed by atoms with van der Waals surface area (Å²) in [4.78, 5) is 83.2. The number of likely N-dealkylation sites (tertiary alicyclic amines) is 1. The van der Waals surface area contributed by atoms with Gasteiger partial charge >= 0.3 is 19.0 Å². The SMILES string of the molecule is COC(=O)[C@H](CCCNC(=O)OCc1ccccc1)NC(=O)[C@@H](CC(=O)[C@@H]1CCCN1C(=O)[C@H](/C=C/[C@H](CC(C)C)NC(=O)CCC1=[N+]2C(=Cc3c(C)cc(C)n3[B-]2(F)F)C=C1)Cc1ccccc1)C(C)C. The van der Waals surface area contributed by atoms with E-state index in [0.29, 0.717) is 61.4 Å². The van der Waals surface area contributed by atoms with Gasteiger partial charge in [0.25, 0.3) is 0 Å². The third kappa shape index (κ3) is 14.1. The third-order valence-corrected chi connectivity index (χ3v) is 13.7. The Bertz CT molecular complexity index is 2560. The van der Waals surface area contributed by atoms with E-state index >= 15 is 8.63 Å². The Hall–Kier alpha value is -6.65. The predicted molar refractivity (Wildman–Crippen MR) is 274 cm³/mol. The molecule has 0 aliphatic carbocycles. The maximum Gasteiger partial charge on any atom is 0.737 e. The lowest BCUT2D eigenvalue weighted by atomic mass is 9.87. The van der Waals surface area contributed by atoms with Crippen LogP contribution in [0.25, 0.3) is 6.08 Å². The summed E-state index contributed by atoms with van der Waals surface area (Å²) in [5, 5.41) is 8.54. The number of hydrogen-bond donors (Lipinski definition) is 3. The summed E-state index contributed by atoms with van der Waals surface area (Å²) >= 11 is 0. The van der Waals surface area contributed by atoms with Crippen LogP contribution in [-0.4, -0.2) is 100 Å². The number of aromatic nitrogens is 1. The van der Waals surface area contributed by atoms with Crippen molar-refractivity contribution in [2.75, 3.05) is 20.2 Å². The molecule has 14 nitrogen and oxygen atoms in total. The number of rotatable bonds is 24. The quantitative estimate of drug-likeness (QED) is 0.0351. The number of ether oxygens (including phenoxy) is 2. The van der Waals surface area contributed by atoms with Crippen LogP contribution in [0.3, 0.4) is 0 Å². The zero-order valence-corrected chi connectivity index (χ0v) is 42.7. The summed E-state index contributed by atoms with van der Waals surface area (Å²) in [6, 6.07) is 18.3. The van der Waals surface area contributed by atoms with Crippen LogP contribution in [0.1, 0.15) is 107 Å². The fraction of sp³-hybridized carbons (Fsp3) is 0.473. The lowest BCUT2D eigenvalue weighted by Gasteiger charge is -2.30. The van der Waals surface area contributed by atoms with Gasteiger partial charge < -0.3 is 47.9 Å². The van der Waals surface area contributed by atoms with E-state index in [1.54, 1.807) is 36.1 Å². The number of carbonyl (C=O) groups is 6. The van der Waals surface area contributed by atoms with Crippen molar-refractivity contribution in [2.45, 2.75) is 124 Å². The molecule has 0 spiro atoms. The smallest absolute Gasteiger partial charge is 0.467 e. The zero-order chi connectivity index (χ0) is 52.1. The van der Waals surface area contributed by atoms with Crippen molar-refractivity contribution in [2.24, 2.45) is 23.7 Å². The van der Waals surface area contributed by atoms with Crippen LogP contribution in [0, 0.1) is 37.5 Å². The minimum atomic E-state index is -4.16. The van der Waals surface area contributed by atoms with E-state index in [-0.39, 0.29) is 68.3 Å². The van der Waals surface area contributed by atoms with Crippen molar-refractivity contribution < 1.29 is 51.4 Å². The van der Waals surface area contributed by atoms with Crippen LogP contribution in [0.2, 0.25) is 0 Å². The molecule has 386 valence electrons. The monoisotopic (exact) mass is 993 g/mol. The molecule has 4 heterocycles. The Kier molecular flexibility index (Phi) is 19.1. The van der Waals surface area contributed by atoms with Gasteiger partial charge in [-0.05, 0) is 92.7 Å². The van der Waals surface area contributed by atoms with Crippen LogP contribution >= 0.6 is 0 Å². The molecule has 3 aliphatic heterocycles. The molecule has 3 aliphatic rings. The first kappa shape index (κ1) is 54.7. The average molecular weight is 993 g/mol. The van der Waals surface area contributed by atoms with Crippen molar-refractivity contribution in [3.05, 3.63) is 125 Å². The second-order valence-electron chi connectivity index (χ2n) is 20.0. The molecule has 1 fully saturated rings. The first-order valence-electron chi connectivity index (χ1n) is 25.3. The van der Waals surface area contributed by atoms with Crippen molar-refractivity contribution in [3.63, 3.8) is 0 Å². The molecule has 2 aromatic carbocycles. The van der Waals surface area contributed by atoms with Crippen LogP contribution < -0.4 is 16.0 Å². The normalized spacial score (nSPS) is 17.5. The predicted octanol–water partition coefficient (Wildman–Crippen LogP) is 8.02. The van der Waals surface area contributed by atoms with E-state index in [1.807, 2.05) is 107 Å². The number of halogens is 2. The highest BCUT2D eigenvalue weighted by molar-refractivity contribution is 6.58. The highest BCUT2D eigenvalue weighted by atomic mass is 19.2. The molecule has 1 saturated heterocycles. The Labute approximate surface area is 422 Å². The van der Waals surface area contributed by atoms with Gasteiger partial charge in [-0.25, -0.2) is 9.59 Å². The Morgan fingerprint density at radius 3 is 2.28 bits per heavy atom. The van der Waals surface area contributed by atoms with Crippen molar-refractivity contribution in [1.29, 1.82) is 0 Å². The van der Waals surface area contributed by atoms with Gasteiger partial charge in [-0.15, -0.1) is 0 Å². The van der Waals surface area contributed by atoms with Gasteiger partial charge in [-0.3, -0.25) is 19.2 Å². The number of nitrogens with zero attached hydrogens (tertiary/aromatic N) is 3. The second-order valence-corrected chi connectivity index (χ2v) is 20.0. The van der Waals surface area contributed by atoms with Gasteiger partial charge in [-0.1, -0.05) is 101 Å². The fourth-order valence-electron chi connectivity index (χ4n) is 9.99. The fourth-order valence-corrected chi connectivity index (χ4v) is 9.99. The van der Waals surface area contributed by atoms with Crippen molar-refractivity contribution >= 4 is 54.3 Å². The number of Topliss-reactive ketones (excluding diaryl/α,β-unsaturated/α-hetero) is 1. The van der Waals surface area contributed by atoms with Crippen LogP contribution in [0.5, 0.6) is 0 Å². The first-order valence-corrected chi connectivity index (χ1v) is 25.3. The van der Waals surface area contributed by atoms with E-state index in [9.17, 15) is 28.8 Å². The standard InChI is InChI=1S/C55H71BF2N6O8/c1-36(2)30-43(60-51(66)27-26-44-24-25-45-33-49-38(5)31-39(6)63(49)56(57,58)64(44)45)23-22-42(32-40-16-10-8-11-17-40)53(68)62-29-15-21-48(62)50(65)34-46(37(3)4)52(67)61-47(54(69)71-7)20-14-28-59-55(70)72-35-41-18-12-9-13-19-41/h8-13,16-19,22-25,31,33,36-37,42-43,46-48H,14-15,20-21,26-30,32,34-35H2,1-7H3,(H,59,70)(H,60,66)(H,61,67)/b23-22+/t42-,43-,46+,47+,48+/m1/s1. The van der Waals surface area contributed by atoms with E-state index in [2.05, 4.69) is 16.0 Å². The summed E-state index contributed by atoms with van der Waals surface area (Å²) in [5.41, 5.74) is 4.24. The van der Waals surface area contributed by atoms with Crippen molar-refractivity contribution in [1.82, 2.24) is 25.3 Å². The molecular formula is C55H71BF2N6O8. The van der Waals surface area contributed by atoms with Gasteiger partial charge in [0.1, 0.15) is 18.4 Å². The van der Waals surface area contributed by atoms with E-state index in [4.69, 9.17) is 9.47 Å². The molecular weight excluding hydrogens is 921 g/mol. The van der Waals surface area contributed by atoms with Gasteiger partial charge in [0.15, 0.2) is 11.5 Å². The Morgan fingerprint density at radius 2 is 1.61 bits per heavy atom. The average Bonchev–Trinajstić information content (AvgIpc) is 4.09. The highest BCUT2D eigenvalue weighted by Gasteiger charge is 2.52. The topological polar surface area (TPSA) is 168 Å². The number of ketones is 1. The van der Waals surface area contributed by atoms with Crippen molar-refractivity contribution in [3.8, 4) is 0 Å². The number of fused-ring (bicyclic) bond motifs is 2. The molecule has 0 unspecified atom stereocenters. The molecule has 17 heteroatoms. The van der Waals surface area contributed by atoms with E-state index in [0.717, 1.165) is 25.7 Å². The summed E-state index contributed by atoms with van der Waals surface area (Å²) in [6.45, 7) is 7.67. The van der Waals surface area contributed by atoms with Crippen LogP contribution in [-0.2, 0) is 46.5 Å².